The molecule has 0 bridgehead atoms. The minimum Gasteiger partial charge on any atom is -0.305 e. The van der Waals surface area contributed by atoms with E-state index >= 15 is 0 Å². The predicted octanol–water partition coefficient (Wildman–Crippen LogP) is 2.84. The van der Waals surface area contributed by atoms with E-state index in [-0.39, 0.29) is 0 Å². The summed E-state index contributed by atoms with van der Waals surface area (Å²) < 4.78 is 0. The summed E-state index contributed by atoms with van der Waals surface area (Å²) in [6.45, 7) is 3.63. The number of rotatable bonds is 6. The fraction of sp³-hybridized carbons (Fsp3) is 0.786. The second-order valence-electron chi connectivity index (χ2n) is 5.51. The highest BCUT2D eigenvalue weighted by molar-refractivity contribution is 7.09. The van der Waals surface area contributed by atoms with Crippen LogP contribution in [0.5, 0.6) is 0 Å². The molecular formula is C14H24ClN3S. The van der Waals surface area contributed by atoms with Crippen molar-refractivity contribution in [1.82, 2.24) is 14.8 Å². The number of likely N-dealkylation sites (tertiary alicyclic amines) is 1. The Hall–Kier alpha value is -0.160. The van der Waals surface area contributed by atoms with Gasteiger partial charge in [0.2, 0.25) is 0 Å². The number of thiazole rings is 1. The molecule has 1 aromatic rings. The highest BCUT2D eigenvalue weighted by atomic mass is 35.5. The molecule has 1 atom stereocenters. The second-order valence-corrected chi connectivity index (χ2v) is 6.72. The molecule has 108 valence electrons. The molecule has 0 aliphatic carbocycles. The van der Waals surface area contributed by atoms with Gasteiger partial charge in [-0.2, -0.15) is 0 Å². The first-order valence-corrected chi connectivity index (χ1v) is 8.48. The molecular weight excluding hydrogens is 278 g/mol. The fourth-order valence-corrected chi connectivity index (χ4v) is 3.75. The Bertz CT molecular complexity index is 383. The van der Waals surface area contributed by atoms with Crippen molar-refractivity contribution in [2.24, 2.45) is 0 Å². The fourth-order valence-electron chi connectivity index (χ4n) is 2.69. The smallest absolute Gasteiger partial charge is 0.0929 e. The number of hydrogen-bond acceptors (Lipinski definition) is 4. The van der Waals surface area contributed by atoms with Crippen molar-refractivity contribution >= 4 is 22.9 Å². The Morgan fingerprint density at radius 3 is 3.11 bits per heavy atom. The zero-order chi connectivity index (χ0) is 13.7. The molecule has 3 nitrogen and oxygen atoms in total. The van der Waals surface area contributed by atoms with Crippen LogP contribution in [-0.2, 0) is 12.3 Å². The lowest BCUT2D eigenvalue weighted by Crippen LogP contribution is -2.45. The van der Waals surface area contributed by atoms with Crippen LogP contribution >= 0.6 is 22.9 Å². The minimum atomic E-state index is 0.533. The first kappa shape index (κ1) is 15.2. The van der Waals surface area contributed by atoms with E-state index in [4.69, 9.17) is 11.6 Å². The number of aryl methyl sites for hydroxylation is 1. The lowest BCUT2D eigenvalue weighted by molar-refractivity contribution is 0.133. The first-order chi connectivity index (χ1) is 9.19. The Morgan fingerprint density at radius 1 is 1.58 bits per heavy atom. The number of likely N-dealkylation sites (N-methyl/N-ethyl adjacent to an activating group) is 2. The number of piperidine rings is 1. The van der Waals surface area contributed by atoms with E-state index in [2.05, 4.69) is 34.3 Å². The Balaban J connectivity index is 1.69. The van der Waals surface area contributed by atoms with Crippen LogP contribution in [-0.4, -0.2) is 54.6 Å². The summed E-state index contributed by atoms with van der Waals surface area (Å²) in [5.41, 5.74) is 1.02. The van der Waals surface area contributed by atoms with E-state index in [0.717, 1.165) is 24.7 Å². The molecule has 0 N–H and O–H groups in total. The van der Waals surface area contributed by atoms with Gasteiger partial charge in [-0.1, -0.05) is 0 Å². The molecule has 0 saturated carbocycles. The third-order valence-electron chi connectivity index (χ3n) is 3.86. The molecule has 1 fully saturated rings. The summed E-state index contributed by atoms with van der Waals surface area (Å²) in [6.07, 6.45) is 4.94. The van der Waals surface area contributed by atoms with Crippen LogP contribution in [0.15, 0.2) is 5.38 Å². The Kier molecular flexibility index (Phi) is 6.07. The number of alkyl halides is 1. The van der Waals surface area contributed by atoms with Gasteiger partial charge in [-0.25, -0.2) is 4.98 Å². The van der Waals surface area contributed by atoms with Crippen LogP contribution in [0.25, 0.3) is 0 Å². The quantitative estimate of drug-likeness (QED) is 0.753. The highest BCUT2D eigenvalue weighted by Gasteiger charge is 2.20. The average Bonchev–Trinajstić information content (AvgIpc) is 2.86. The second kappa shape index (κ2) is 7.58. The van der Waals surface area contributed by atoms with Gasteiger partial charge in [0.25, 0.3) is 0 Å². The zero-order valence-corrected chi connectivity index (χ0v) is 13.5. The highest BCUT2D eigenvalue weighted by Crippen LogP contribution is 2.16. The Morgan fingerprint density at radius 2 is 2.42 bits per heavy atom. The largest absolute Gasteiger partial charge is 0.305 e. The van der Waals surface area contributed by atoms with Crippen LogP contribution in [0.2, 0.25) is 0 Å². The number of hydrogen-bond donors (Lipinski definition) is 0. The van der Waals surface area contributed by atoms with Crippen LogP contribution in [0.4, 0.5) is 0 Å². The van der Waals surface area contributed by atoms with Crippen LogP contribution in [0, 0.1) is 0 Å². The maximum absolute atomic E-state index is 5.77. The summed E-state index contributed by atoms with van der Waals surface area (Å²) in [5.74, 6) is 0.533. The zero-order valence-electron chi connectivity index (χ0n) is 11.9. The van der Waals surface area contributed by atoms with Gasteiger partial charge in [0.15, 0.2) is 0 Å². The van der Waals surface area contributed by atoms with E-state index in [9.17, 15) is 0 Å². The van der Waals surface area contributed by atoms with Gasteiger partial charge in [0, 0.05) is 24.4 Å². The third-order valence-corrected chi connectivity index (χ3v) is 5.09. The van der Waals surface area contributed by atoms with Crippen molar-refractivity contribution in [3.63, 3.8) is 0 Å². The minimum absolute atomic E-state index is 0.533. The van der Waals surface area contributed by atoms with E-state index < -0.39 is 0 Å². The monoisotopic (exact) mass is 301 g/mol. The lowest BCUT2D eigenvalue weighted by Gasteiger charge is -2.35. The van der Waals surface area contributed by atoms with Crippen molar-refractivity contribution in [1.29, 1.82) is 0 Å². The summed E-state index contributed by atoms with van der Waals surface area (Å²) in [5, 5.41) is 3.30. The maximum atomic E-state index is 5.77. The van der Waals surface area contributed by atoms with Gasteiger partial charge in [0.1, 0.15) is 0 Å². The van der Waals surface area contributed by atoms with Crippen molar-refractivity contribution in [3.8, 4) is 0 Å². The molecule has 1 unspecified atom stereocenters. The first-order valence-electron chi connectivity index (χ1n) is 7.07. The van der Waals surface area contributed by atoms with Gasteiger partial charge in [-0.05, 0) is 46.4 Å². The van der Waals surface area contributed by atoms with Crippen LogP contribution < -0.4 is 0 Å². The molecule has 1 saturated heterocycles. The standard InChI is InChI=1S/C14H24ClN3S/c1-17-7-3-5-13(10-17)18(2)8-4-6-14-16-12(9-15)11-19-14/h11,13H,3-10H2,1-2H3. The van der Waals surface area contributed by atoms with Gasteiger partial charge in [-0.15, -0.1) is 22.9 Å². The van der Waals surface area contributed by atoms with Crippen molar-refractivity contribution in [2.45, 2.75) is 37.6 Å². The van der Waals surface area contributed by atoms with E-state index in [1.165, 1.54) is 37.4 Å². The van der Waals surface area contributed by atoms with Crippen molar-refractivity contribution in [3.05, 3.63) is 16.1 Å². The summed E-state index contributed by atoms with van der Waals surface area (Å²) in [6, 6.07) is 0.730. The van der Waals surface area contributed by atoms with Gasteiger partial charge in [-0.3, -0.25) is 0 Å². The topological polar surface area (TPSA) is 19.4 Å². The van der Waals surface area contributed by atoms with E-state index in [0.29, 0.717) is 5.88 Å². The lowest BCUT2D eigenvalue weighted by atomic mass is 10.0. The molecule has 1 aromatic heterocycles. The molecule has 1 aliphatic rings. The summed E-state index contributed by atoms with van der Waals surface area (Å²) in [7, 11) is 4.49. The molecule has 0 amide bonds. The van der Waals surface area contributed by atoms with Crippen molar-refractivity contribution < 1.29 is 0 Å². The van der Waals surface area contributed by atoms with Gasteiger partial charge in [0.05, 0.1) is 16.6 Å². The molecule has 1 aliphatic heterocycles. The van der Waals surface area contributed by atoms with E-state index in [1.807, 2.05) is 0 Å². The molecule has 0 aromatic carbocycles. The predicted molar refractivity (Wildman–Crippen MR) is 83.1 cm³/mol. The maximum Gasteiger partial charge on any atom is 0.0929 e. The summed E-state index contributed by atoms with van der Waals surface area (Å²) >= 11 is 7.51. The molecule has 2 heterocycles. The average molecular weight is 302 g/mol. The molecule has 5 heteroatoms. The van der Waals surface area contributed by atoms with Crippen LogP contribution in [0.3, 0.4) is 0 Å². The molecule has 0 spiro atoms. The number of nitrogens with zero attached hydrogens (tertiary/aromatic N) is 3. The SMILES string of the molecule is CN1CCCC(N(C)CCCc2nc(CCl)cs2)C1. The molecule has 2 rings (SSSR count). The van der Waals surface area contributed by atoms with Crippen LogP contribution in [0.1, 0.15) is 30.0 Å². The number of halogens is 1. The normalized spacial score (nSPS) is 21.2. The van der Waals surface area contributed by atoms with Crippen molar-refractivity contribution in [2.75, 3.05) is 33.7 Å². The van der Waals surface area contributed by atoms with Gasteiger partial charge >= 0.3 is 0 Å². The number of aromatic nitrogens is 1. The molecule has 19 heavy (non-hydrogen) atoms. The Labute approximate surface area is 125 Å². The summed E-state index contributed by atoms with van der Waals surface area (Å²) in [4.78, 5) is 9.47. The third kappa shape index (κ3) is 4.71. The van der Waals surface area contributed by atoms with Gasteiger partial charge < -0.3 is 9.80 Å². The van der Waals surface area contributed by atoms with E-state index in [1.54, 1.807) is 11.3 Å². The molecule has 0 radical (unpaired) electrons.